The number of allylic oxidation sites excluding steroid dienone is 1. The summed E-state index contributed by atoms with van der Waals surface area (Å²) in [5.41, 5.74) is -9.39. The van der Waals surface area contributed by atoms with Crippen molar-refractivity contribution >= 4 is 11.9 Å². The van der Waals surface area contributed by atoms with Crippen molar-refractivity contribution in [3.8, 4) is 0 Å². The zero-order valence-electron chi connectivity index (χ0n) is 61.1. The van der Waals surface area contributed by atoms with Crippen molar-refractivity contribution in [3.63, 3.8) is 0 Å². The molecule has 0 radical (unpaired) electrons. The average molecular weight is 1540 g/mol. The summed E-state index contributed by atoms with van der Waals surface area (Å²) >= 11 is 0. The van der Waals surface area contributed by atoms with E-state index in [2.05, 4.69) is 25.2 Å². The highest BCUT2D eigenvalue weighted by Gasteiger charge is 2.75. The van der Waals surface area contributed by atoms with Crippen LogP contribution in [0.4, 0.5) is 0 Å². The van der Waals surface area contributed by atoms with Gasteiger partial charge in [-0.25, -0.2) is 0 Å². The summed E-state index contributed by atoms with van der Waals surface area (Å²) in [6.07, 6.45) is -44.8. The van der Waals surface area contributed by atoms with Gasteiger partial charge < -0.3 is 174 Å². The molecule has 12 rings (SSSR count). The molecule has 37 nitrogen and oxygen atoms in total. The number of ether oxygens (including phenoxy) is 14. The lowest BCUT2D eigenvalue weighted by Gasteiger charge is -2.72. The van der Waals surface area contributed by atoms with Gasteiger partial charge in [0.25, 0.3) is 0 Å². The van der Waals surface area contributed by atoms with E-state index in [1.165, 1.54) is 6.92 Å². The minimum atomic E-state index is -2.31. The second-order valence-electron chi connectivity index (χ2n) is 34.1. The number of fused-ring (bicyclic) bond motifs is 7. The molecule has 37 heteroatoms. The van der Waals surface area contributed by atoms with Gasteiger partial charge in [-0.3, -0.25) is 9.59 Å². The summed E-state index contributed by atoms with van der Waals surface area (Å²) in [6, 6.07) is -1.47. The van der Waals surface area contributed by atoms with E-state index in [1.54, 1.807) is 0 Å². The topological polar surface area (TPSA) is 580 Å². The third-order valence-corrected chi connectivity index (χ3v) is 26.9. The van der Waals surface area contributed by atoms with Gasteiger partial charge in [-0.15, -0.1) is 0 Å². The summed E-state index contributed by atoms with van der Waals surface area (Å²) in [4.78, 5) is 28.9. The highest BCUT2D eigenvalue weighted by molar-refractivity contribution is 5.80. The maximum atomic E-state index is 15.7. The van der Waals surface area contributed by atoms with Crippen LogP contribution in [0.2, 0.25) is 0 Å². The minimum Gasteiger partial charge on any atom is -0.432 e. The number of carbonyl (C=O) groups excluding carboxylic acids is 2. The Kier molecular flexibility index (Phi) is 24.4. The highest BCUT2D eigenvalue weighted by Crippen LogP contribution is 2.76. The normalized spacial score (nSPS) is 53.2. The molecule has 12 aliphatic rings. The number of amides is 1. The lowest BCUT2D eigenvalue weighted by molar-refractivity contribution is -0.364. The second kappa shape index (κ2) is 31.2. The molecule has 0 aromatic rings. The molecule has 0 aromatic heterocycles. The van der Waals surface area contributed by atoms with Crippen LogP contribution in [0.3, 0.4) is 0 Å². The number of aliphatic hydroxyl groups excluding tert-OH is 18. The molecule has 0 bridgehead atoms. The first kappa shape index (κ1) is 83.8. The minimum absolute atomic E-state index is 0.0170. The van der Waals surface area contributed by atoms with E-state index in [1.807, 2.05) is 34.6 Å². The number of hydrogen-bond donors (Lipinski definition) is 21. The van der Waals surface area contributed by atoms with Crippen LogP contribution < -0.4 is 5.32 Å². The van der Waals surface area contributed by atoms with Crippen LogP contribution in [0.5, 0.6) is 0 Å². The third kappa shape index (κ3) is 14.4. The van der Waals surface area contributed by atoms with Crippen LogP contribution in [-0.4, -0.2) is 369 Å². The Labute approximate surface area is 617 Å². The number of hydrogen-bond acceptors (Lipinski definition) is 36. The summed E-state index contributed by atoms with van der Waals surface area (Å²) in [6.45, 7) is 9.29. The van der Waals surface area contributed by atoms with E-state index in [4.69, 9.17) is 66.3 Å². The maximum Gasteiger partial charge on any atom is 0.317 e. The summed E-state index contributed by atoms with van der Waals surface area (Å²) in [5, 5.41) is 225. The van der Waals surface area contributed by atoms with Gasteiger partial charge in [-0.1, -0.05) is 60.1 Å². The number of carbonyl (C=O) groups is 2. The van der Waals surface area contributed by atoms with E-state index in [9.17, 15) is 107 Å². The Bertz CT molecular complexity index is 3120. The van der Waals surface area contributed by atoms with Crippen molar-refractivity contribution in [1.82, 2.24) is 5.32 Å². The molecular weight excluding hydrogens is 1430 g/mol. The predicted molar refractivity (Wildman–Crippen MR) is 351 cm³/mol. The molecule has 614 valence electrons. The maximum absolute atomic E-state index is 15.7. The zero-order valence-corrected chi connectivity index (χ0v) is 61.1. The predicted octanol–water partition coefficient (Wildman–Crippen LogP) is -7.92. The molecule has 11 fully saturated rings. The molecule has 39 atom stereocenters. The average Bonchev–Trinajstić information content (AvgIpc) is 1.49. The fourth-order valence-electron chi connectivity index (χ4n) is 20.3. The van der Waals surface area contributed by atoms with Crippen molar-refractivity contribution in [2.75, 3.05) is 59.5 Å². The number of nitrogens with one attached hydrogen (secondary N) is 1. The fourth-order valence-corrected chi connectivity index (χ4v) is 20.3. The summed E-state index contributed by atoms with van der Waals surface area (Å²) in [7, 11) is 0. The van der Waals surface area contributed by atoms with Gasteiger partial charge in [-0.05, 0) is 90.8 Å². The van der Waals surface area contributed by atoms with Crippen LogP contribution in [0.25, 0.3) is 0 Å². The van der Waals surface area contributed by atoms with E-state index in [0.717, 1.165) is 5.57 Å². The zero-order chi connectivity index (χ0) is 78.1. The van der Waals surface area contributed by atoms with E-state index >= 15 is 4.79 Å². The summed E-state index contributed by atoms with van der Waals surface area (Å²) < 4.78 is 83.3. The monoisotopic (exact) mass is 1540 g/mol. The van der Waals surface area contributed by atoms with Crippen LogP contribution in [0, 0.1) is 50.2 Å². The Morgan fingerprint density at radius 3 is 1.79 bits per heavy atom. The highest BCUT2D eigenvalue weighted by atomic mass is 16.8. The van der Waals surface area contributed by atoms with Crippen molar-refractivity contribution in [1.29, 1.82) is 0 Å². The SMILES string of the molecule is CC(=O)NC1C(OC2CCC3(C)C(CCC4(C)C3CC=C3C5CC(C)(C)CCC5(C(=O)OC5OC(CO)C(O)C(O)C5OC5OCC(O)(COC6OCC(O)(CO)C6O)C5O)C(O)C(O)C34C)C2(C)C)OC(COC2OCC(O)C(OC3OCC(O)C(O)C3O)C2O)C(OC2OC(CO)C(O)C(O)C2O)C1O. The summed E-state index contributed by atoms with van der Waals surface area (Å²) in [5.74, 6) is -2.91. The molecule has 0 aromatic carbocycles. The Morgan fingerprint density at radius 2 is 1.12 bits per heavy atom. The molecule has 7 saturated heterocycles. The van der Waals surface area contributed by atoms with Crippen molar-refractivity contribution in [3.05, 3.63) is 11.6 Å². The van der Waals surface area contributed by atoms with Gasteiger partial charge in [-0.2, -0.15) is 0 Å². The van der Waals surface area contributed by atoms with Crippen molar-refractivity contribution in [2.24, 2.45) is 50.2 Å². The molecule has 21 N–H and O–H groups in total. The largest absolute Gasteiger partial charge is 0.432 e. The van der Waals surface area contributed by atoms with Gasteiger partial charge in [0.1, 0.15) is 133 Å². The molecular formula is C70H113NO36. The Morgan fingerprint density at radius 1 is 0.523 bits per heavy atom. The smallest absolute Gasteiger partial charge is 0.317 e. The van der Waals surface area contributed by atoms with Crippen LogP contribution in [-0.2, 0) is 75.9 Å². The van der Waals surface area contributed by atoms with Crippen molar-refractivity contribution in [2.45, 2.75) is 302 Å². The first-order valence-electron chi connectivity index (χ1n) is 37.1. The quantitative estimate of drug-likeness (QED) is 0.0306. The first-order valence-corrected chi connectivity index (χ1v) is 37.1. The molecule has 39 unspecified atom stereocenters. The van der Waals surface area contributed by atoms with Crippen LogP contribution in [0.1, 0.15) is 107 Å². The van der Waals surface area contributed by atoms with E-state index < -0.39 is 305 Å². The van der Waals surface area contributed by atoms with Gasteiger partial charge in [0.2, 0.25) is 12.2 Å². The van der Waals surface area contributed by atoms with Gasteiger partial charge >= 0.3 is 5.97 Å². The molecule has 4 saturated carbocycles. The van der Waals surface area contributed by atoms with E-state index in [0.29, 0.717) is 44.9 Å². The standard InChI is InChI=1S/C70H113NO36/c1-27(75)71-38-42(81)49(105-58-46(85)43(82)40(79)32(18-72)100-58)34(22-96-56-47(86)48(31(77)21-94-56)104-57-45(84)39(78)30(76)20-95-57)102-55(38)103-37-12-13-65(6)35(64(37,4)5)11-14-66(7)36(65)10-9-28-29-17-63(2,3)15-16-70(29,52(88)51(87)67(28,66)8)62(91)107-59-50(44(83)41(80)33(19-73)101-59)106-61-54(90)69(93,26-99-61)25-98-60-53(89)68(92,23-74)24-97-60/h9,29-61,72-74,76-90,92-93H,10-26H2,1-8H3,(H,71,75). The van der Waals surface area contributed by atoms with Crippen molar-refractivity contribution < 1.29 is 178 Å². The first-order chi connectivity index (χ1) is 50.1. The molecule has 7 heterocycles. The molecule has 7 aliphatic heterocycles. The fraction of sp³-hybridized carbons (Fsp3) is 0.943. The lowest BCUT2D eigenvalue weighted by Crippen LogP contribution is -2.73. The van der Waals surface area contributed by atoms with Crippen LogP contribution in [0.15, 0.2) is 11.6 Å². The third-order valence-electron chi connectivity index (χ3n) is 26.9. The number of rotatable bonds is 20. The molecule has 5 aliphatic carbocycles. The lowest BCUT2D eigenvalue weighted by atomic mass is 9.32. The molecule has 107 heavy (non-hydrogen) atoms. The van der Waals surface area contributed by atoms with Crippen LogP contribution >= 0.6 is 0 Å². The number of aliphatic hydroxyl groups is 20. The van der Waals surface area contributed by atoms with Gasteiger partial charge in [0.05, 0.1) is 77.8 Å². The molecule has 1 amide bonds. The number of esters is 1. The molecule has 0 spiro atoms. The Hall–Kier alpha value is -2.64. The van der Waals surface area contributed by atoms with Gasteiger partial charge in [0, 0.05) is 12.3 Å². The Balaban J connectivity index is 0.786. The second-order valence-corrected chi connectivity index (χ2v) is 34.1. The van der Waals surface area contributed by atoms with E-state index in [-0.39, 0.29) is 18.3 Å². The van der Waals surface area contributed by atoms with Gasteiger partial charge in [0.15, 0.2) is 43.8 Å².